The van der Waals surface area contributed by atoms with Crippen LogP contribution in [0.25, 0.3) is 0 Å². The van der Waals surface area contributed by atoms with Crippen LogP contribution in [0.4, 0.5) is 11.4 Å². The molecule has 3 amide bonds. The van der Waals surface area contributed by atoms with Crippen molar-refractivity contribution in [3.05, 3.63) is 83.8 Å². The first kappa shape index (κ1) is 19.9. The van der Waals surface area contributed by atoms with Crippen LogP contribution in [0, 0.1) is 6.92 Å². The highest BCUT2D eigenvalue weighted by atomic mass is 16.3. The third kappa shape index (κ3) is 5.55. The predicted octanol–water partition coefficient (Wildman–Crippen LogP) is 3.60. The van der Waals surface area contributed by atoms with Crippen molar-refractivity contribution >= 4 is 29.1 Å². The van der Waals surface area contributed by atoms with Crippen LogP contribution in [-0.2, 0) is 4.79 Å². The first-order valence-electron chi connectivity index (χ1n) is 9.11. The summed E-state index contributed by atoms with van der Waals surface area (Å²) < 4.78 is 4.99. The number of benzene rings is 2. The van der Waals surface area contributed by atoms with Gasteiger partial charge in [-0.2, -0.15) is 0 Å². The fourth-order valence-electron chi connectivity index (χ4n) is 2.71. The maximum Gasteiger partial charge on any atom is 0.286 e. The molecule has 0 aliphatic carbocycles. The lowest BCUT2D eigenvalue weighted by Gasteiger charge is -2.12. The summed E-state index contributed by atoms with van der Waals surface area (Å²) >= 11 is 0. The third-order valence-electron chi connectivity index (χ3n) is 4.10. The number of carbonyl (C=O) groups is 3. The summed E-state index contributed by atoms with van der Waals surface area (Å²) in [7, 11) is 0. The summed E-state index contributed by atoms with van der Waals surface area (Å²) in [5.41, 5.74) is 2.46. The minimum absolute atomic E-state index is 0.0558. The van der Waals surface area contributed by atoms with Gasteiger partial charge in [-0.05, 0) is 48.9 Å². The van der Waals surface area contributed by atoms with Gasteiger partial charge in [-0.1, -0.05) is 24.3 Å². The van der Waals surface area contributed by atoms with Gasteiger partial charge in [0, 0.05) is 18.7 Å². The number of para-hydroxylation sites is 1. The molecule has 1 heterocycles. The number of hydrogen-bond acceptors (Lipinski definition) is 4. The third-order valence-corrected chi connectivity index (χ3v) is 4.10. The fourth-order valence-corrected chi connectivity index (χ4v) is 2.71. The zero-order valence-electron chi connectivity index (χ0n) is 15.9. The van der Waals surface area contributed by atoms with Crippen LogP contribution in [0.3, 0.4) is 0 Å². The zero-order valence-corrected chi connectivity index (χ0v) is 15.9. The van der Waals surface area contributed by atoms with Crippen molar-refractivity contribution in [1.82, 2.24) is 5.32 Å². The quantitative estimate of drug-likeness (QED) is 0.573. The van der Waals surface area contributed by atoms with E-state index in [2.05, 4.69) is 16.0 Å². The van der Waals surface area contributed by atoms with Crippen molar-refractivity contribution in [1.29, 1.82) is 0 Å². The summed E-state index contributed by atoms with van der Waals surface area (Å²) in [6.07, 6.45) is 1.46. The Morgan fingerprint density at radius 2 is 1.72 bits per heavy atom. The van der Waals surface area contributed by atoms with E-state index in [4.69, 9.17) is 4.42 Å². The van der Waals surface area contributed by atoms with Gasteiger partial charge in [-0.15, -0.1) is 0 Å². The maximum atomic E-state index is 12.6. The van der Waals surface area contributed by atoms with E-state index in [1.807, 2.05) is 25.1 Å². The standard InChI is InChI=1S/C22H21N3O4/c1-15-6-4-7-16(14-15)24-21(27)17-8-2-3-9-18(17)25-20(26)11-12-23-22(28)19-10-5-13-29-19/h2-10,13-14H,11-12H2,1H3,(H,23,28)(H,24,27)(H,25,26). The number of nitrogens with one attached hydrogen (secondary N) is 3. The van der Waals surface area contributed by atoms with E-state index in [0.29, 0.717) is 16.9 Å². The van der Waals surface area contributed by atoms with Gasteiger partial charge in [-0.3, -0.25) is 14.4 Å². The molecule has 0 saturated carbocycles. The lowest BCUT2D eigenvalue weighted by Crippen LogP contribution is -2.27. The van der Waals surface area contributed by atoms with Gasteiger partial charge in [0.25, 0.3) is 11.8 Å². The van der Waals surface area contributed by atoms with Crippen LogP contribution in [-0.4, -0.2) is 24.3 Å². The van der Waals surface area contributed by atoms with E-state index >= 15 is 0 Å². The molecule has 0 aliphatic rings. The van der Waals surface area contributed by atoms with Crippen molar-refractivity contribution in [2.45, 2.75) is 13.3 Å². The summed E-state index contributed by atoms with van der Waals surface area (Å²) in [5, 5.41) is 8.16. The van der Waals surface area contributed by atoms with Crippen molar-refractivity contribution in [3.8, 4) is 0 Å². The molecular weight excluding hydrogens is 370 g/mol. The highest BCUT2D eigenvalue weighted by Gasteiger charge is 2.14. The zero-order chi connectivity index (χ0) is 20.6. The molecule has 3 aromatic rings. The average molecular weight is 391 g/mol. The monoisotopic (exact) mass is 391 g/mol. The average Bonchev–Trinajstić information content (AvgIpc) is 3.23. The summed E-state index contributed by atoms with van der Waals surface area (Å²) in [6, 6.07) is 17.4. The maximum absolute atomic E-state index is 12.6. The van der Waals surface area contributed by atoms with E-state index in [1.165, 1.54) is 6.26 Å². The second-order valence-corrected chi connectivity index (χ2v) is 6.40. The molecule has 7 heteroatoms. The fraction of sp³-hybridized carbons (Fsp3) is 0.136. The number of anilines is 2. The SMILES string of the molecule is Cc1cccc(NC(=O)c2ccccc2NC(=O)CCNC(=O)c2ccco2)c1. The Kier molecular flexibility index (Phi) is 6.42. The highest BCUT2D eigenvalue weighted by molar-refractivity contribution is 6.10. The lowest BCUT2D eigenvalue weighted by atomic mass is 10.1. The predicted molar refractivity (Wildman–Crippen MR) is 110 cm³/mol. The summed E-state index contributed by atoms with van der Waals surface area (Å²) in [4.78, 5) is 36.7. The Hall–Kier alpha value is -3.87. The molecule has 0 spiro atoms. The summed E-state index contributed by atoms with van der Waals surface area (Å²) in [5.74, 6) is -0.845. The van der Waals surface area contributed by atoms with Crippen molar-refractivity contribution < 1.29 is 18.8 Å². The van der Waals surface area contributed by atoms with E-state index < -0.39 is 0 Å². The number of carbonyl (C=O) groups excluding carboxylic acids is 3. The molecule has 2 aromatic carbocycles. The lowest BCUT2D eigenvalue weighted by molar-refractivity contribution is -0.116. The Morgan fingerprint density at radius 1 is 0.897 bits per heavy atom. The number of amides is 3. The van der Waals surface area contributed by atoms with Crippen molar-refractivity contribution in [2.24, 2.45) is 0 Å². The molecule has 148 valence electrons. The molecule has 0 bridgehead atoms. The summed E-state index contributed by atoms with van der Waals surface area (Å²) in [6.45, 7) is 2.08. The molecule has 0 fully saturated rings. The second kappa shape index (κ2) is 9.36. The van der Waals surface area contributed by atoms with Crippen LogP contribution >= 0.6 is 0 Å². The molecule has 1 aromatic heterocycles. The van der Waals surface area contributed by atoms with E-state index in [-0.39, 0.29) is 36.4 Å². The number of aryl methyl sites for hydroxylation is 1. The Bertz CT molecular complexity index is 1010. The molecule has 0 saturated heterocycles. The molecule has 0 atom stereocenters. The van der Waals surface area contributed by atoms with Gasteiger partial charge in [-0.25, -0.2) is 0 Å². The largest absolute Gasteiger partial charge is 0.459 e. The molecule has 0 unspecified atom stereocenters. The van der Waals surface area contributed by atoms with Gasteiger partial charge >= 0.3 is 0 Å². The molecule has 0 radical (unpaired) electrons. The van der Waals surface area contributed by atoms with Crippen LogP contribution in [0.1, 0.15) is 32.9 Å². The number of furan rings is 1. The minimum Gasteiger partial charge on any atom is -0.459 e. The van der Waals surface area contributed by atoms with Crippen LogP contribution in [0.5, 0.6) is 0 Å². The van der Waals surface area contributed by atoms with Crippen LogP contribution < -0.4 is 16.0 Å². The first-order chi connectivity index (χ1) is 14.0. The smallest absolute Gasteiger partial charge is 0.286 e. The van der Waals surface area contributed by atoms with E-state index in [0.717, 1.165) is 5.56 Å². The van der Waals surface area contributed by atoms with E-state index in [9.17, 15) is 14.4 Å². The van der Waals surface area contributed by atoms with Crippen molar-refractivity contribution in [2.75, 3.05) is 17.2 Å². The minimum atomic E-state index is -0.388. The highest BCUT2D eigenvalue weighted by Crippen LogP contribution is 2.18. The molecule has 29 heavy (non-hydrogen) atoms. The number of rotatable bonds is 7. The molecular formula is C22H21N3O4. The Morgan fingerprint density at radius 3 is 2.48 bits per heavy atom. The van der Waals surface area contributed by atoms with Crippen LogP contribution in [0.15, 0.2) is 71.3 Å². The molecule has 3 N–H and O–H groups in total. The van der Waals surface area contributed by atoms with Crippen LogP contribution in [0.2, 0.25) is 0 Å². The second-order valence-electron chi connectivity index (χ2n) is 6.40. The van der Waals surface area contributed by atoms with Gasteiger partial charge in [0.1, 0.15) is 0 Å². The van der Waals surface area contributed by atoms with E-state index in [1.54, 1.807) is 42.5 Å². The van der Waals surface area contributed by atoms with Gasteiger partial charge < -0.3 is 20.4 Å². The Balaban J connectivity index is 1.57. The van der Waals surface area contributed by atoms with Crippen molar-refractivity contribution in [3.63, 3.8) is 0 Å². The van der Waals surface area contributed by atoms with Gasteiger partial charge in [0.15, 0.2) is 5.76 Å². The topological polar surface area (TPSA) is 100 Å². The molecule has 0 aliphatic heterocycles. The van der Waals surface area contributed by atoms with Gasteiger partial charge in [0.2, 0.25) is 5.91 Å². The van der Waals surface area contributed by atoms with Gasteiger partial charge in [0.05, 0.1) is 17.5 Å². The Labute approximate surface area is 168 Å². The first-order valence-corrected chi connectivity index (χ1v) is 9.11. The normalized spacial score (nSPS) is 10.2. The number of hydrogen-bond donors (Lipinski definition) is 3. The molecule has 7 nitrogen and oxygen atoms in total. The molecule has 3 rings (SSSR count).